The summed E-state index contributed by atoms with van der Waals surface area (Å²) in [7, 11) is 0. The molecule has 2 rings (SSSR count). The fourth-order valence-corrected chi connectivity index (χ4v) is 3.03. The highest BCUT2D eigenvalue weighted by Gasteiger charge is 2.28. The Labute approximate surface area is 115 Å². The molecule has 4 nitrogen and oxygen atoms in total. The molecule has 0 aromatic heterocycles. The number of nitrogens with one attached hydrogen (secondary N) is 1. The molecule has 0 saturated heterocycles. The highest BCUT2D eigenvalue weighted by Crippen LogP contribution is 2.31. The van der Waals surface area contributed by atoms with E-state index in [1.165, 1.54) is 31.7 Å². The summed E-state index contributed by atoms with van der Waals surface area (Å²) >= 11 is 3.33. The van der Waals surface area contributed by atoms with Gasteiger partial charge in [-0.2, -0.15) is 0 Å². The van der Waals surface area contributed by atoms with Gasteiger partial charge in [0.2, 0.25) is 0 Å². The van der Waals surface area contributed by atoms with E-state index in [9.17, 15) is 10.1 Å². The van der Waals surface area contributed by atoms with Gasteiger partial charge in [-0.15, -0.1) is 0 Å². The van der Waals surface area contributed by atoms with Crippen LogP contribution < -0.4 is 5.32 Å². The third kappa shape index (κ3) is 2.90. The second kappa shape index (κ2) is 5.36. The Balaban J connectivity index is 2.10. The van der Waals surface area contributed by atoms with Crippen molar-refractivity contribution in [3.63, 3.8) is 0 Å². The molecular weight excluding hydrogens is 296 g/mol. The standard InChI is InChI=1S/C13H17BrN2O2/c1-13(7-2-3-8-13)15-9-10-5-4-6-11(12(10)14)16(17)18/h4-6,15H,2-3,7-9H2,1H3. The zero-order valence-electron chi connectivity index (χ0n) is 10.4. The molecule has 1 aliphatic rings. The van der Waals surface area contributed by atoms with E-state index >= 15 is 0 Å². The Hall–Kier alpha value is -0.940. The predicted molar refractivity (Wildman–Crippen MR) is 74.5 cm³/mol. The number of nitro groups is 1. The molecule has 1 aromatic rings. The van der Waals surface area contributed by atoms with Gasteiger partial charge in [0.25, 0.3) is 5.69 Å². The molecule has 0 unspecified atom stereocenters. The summed E-state index contributed by atoms with van der Waals surface area (Å²) in [5.74, 6) is 0. The summed E-state index contributed by atoms with van der Waals surface area (Å²) in [6, 6.07) is 5.17. The van der Waals surface area contributed by atoms with Gasteiger partial charge in [-0.25, -0.2) is 0 Å². The highest BCUT2D eigenvalue weighted by molar-refractivity contribution is 9.10. The highest BCUT2D eigenvalue weighted by atomic mass is 79.9. The third-order valence-electron chi connectivity index (χ3n) is 3.67. The fraction of sp³-hybridized carbons (Fsp3) is 0.538. The van der Waals surface area contributed by atoms with Crippen molar-refractivity contribution in [3.05, 3.63) is 38.3 Å². The summed E-state index contributed by atoms with van der Waals surface area (Å²) in [5, 5.41) is 14.4. The van der Waals surface area contributed by atoms with Crippen molar-refractivity contribution in [2.45, 2.75) is 44.7 Å². The van der Waals surface area contributed by atoms with Crippen LogP contribution in [0.2, 0.25) is 0 Å². The van der Waals surface area contributed by atoms with Crippen molar-refractivity contribution < 1.29 is 4.92 Å². The van der Waals surface area contributed by atoms with Crippen LogP contribution in [0.4, 0.5) is 5.69 Å². The quantitative estimate of drug-likeness (QED) is 0.680. The summed E-state index contributed by atoms with van der Waals surface area (Å²) in [6.45, 7) is 2.89. The molecule has 0 spiro atoms. The molecule has 1 aromatic carbocycles. The first-order valence-corrected chi connectivity index (χ1v) is 6.98. The number of nitro benzene ring substituents is 1. The van der Waals surface area contributed by atoms with E-state index in [1.807, 2.05) is 6.07 Å². The van der Waals surface area contributed by atoms with Crippen molar-refractivity contribution in [1.82, 2.24) is 5.32 Å². The van der Waals surface area contributed by atoms with Gasteiger partial charge in [0, 0.05) is 18.2 Å². The minimum Gasteiger partial charge on any atom is -0.307 e. The molecule has 1 fully saturated rings. The lowest BCUT2D eigenvalue weighted by Gasteiger charge is -2.25. The number of benzene rings is 1. The summed E-state index contributed by atoms with van der Waals surface area (Å²) in [6.07, 6.45) is 4.89. The van der Waals surface area contributed by atoms with Crippen molar-refractivity contribution in [2.24, 2.45) is 0 Å². The van der Waals surface area contributed by atoms with E-state index in [-0.39, 0.29) is 16.1 Å². The lowest BCUT2D eigenvalue weighted by molar-refractivity contribution is -0.385. The van der Waals surface area contributed by atoms with Gasteiger partial charge in [0.1, 0.15) is 0 Å². The fourth-order valence-electron chi connectivity index (χ4n) is 2.48. The van der Waals surface area contributed by atoms with Crippen LogP contribution in [0.5, 0.6) is 0 Å². The Morgan fingerprint density at radius 3 is 2.72 bits per heavy atom. The molecule has 5 heteroatoms. The molecule has 0 aliphatic heterocycles. The Morgan fingerprint density at radius 2 is 2.11 bits per heavy atom. The van der Waals surface area contributed by atoms with Crippen LogP contribution in [-0.2, 0) is 6.54 Å². The van der Waals surface area contributed by atoms with Crippen LogP contribution in [0.15, 0.2) is 22.7 Å². The van der Waals surface area contributed by atoms with Crippen molar-refractivity contribution in [2.75, 3.05) is 0 Å². The van der Waals surface area contributed by atoms with E-state index < -0.39 is 0 Å². The summed E-state index contributed by atoms with van der Waals surface area (Å²) in [4.78, 5) is 10.5. The smallest absolute Gasteiger partial charge is 0.283 e. The average Bonchev–Trinajstić information content (AvgIpc) is 2.75. The van der Waals surface area contributed by atoms with Crippen LogP contribution >= 0.6 is 15.9 Å². The van der Waals surface area contributed by atoms with Gasteiger partial charge in [0.05, 0.1) is 9.40 Å². The van der Waals surface area contributed by atoms with E-state index in [0.717, 1.165) is 5.56 Å². The van der Waals surface area contributed by atoms with E-state index in [1.54, 1.807) is 6.07 Å². The van der Waals surface area contributed by atoms with Crippen molar-refractivity contribution in [3.8, 4) is 0 Å². The van der Waals surface area contributed by atoms with Crippen LogP contribution in [0.25, 0.3) is 0 Å². The molecule has 0 bridgehead atoms. The van der Waals surface area contributed by atoms with Gasteiger partial charge in [-0.1, -0.05) is 25.0 Å². The summed E-state index contributed by atoms with van der Waals surface area (Å²) < 4.78 is 0.587. The van der Waals surface area contributed by atoms with Crippen LogP contribution in [-0.4, -0.2) is 10.5 Å². The van der Waals surface area contributed by atoms with Crippen molar-refractivity contribution in [1.29, 1.82) is 0 Å². The predicted octanol–water partition coefficient (Wildman–Crippen LogP) is 3.78. The first-order valence-electron chi connectivity index (χ1n) is 6.19. The largest absolute Gasteiger partial charge is 0.307 e. The van der Waals surface area contributed by atoms with E-state index in [0.29, 0.717) is 11.0 Å². The number of halogens is 1. The van der Waals surface area contributed by atoms with Gasteiger partial charge in [0.15, 0.2) is 0 Å². The molecule has 1 saturated carbocycles. The van der Waals surface area contributed by atoms with Gasteiger partial charge in [-0.05, 0) is 41.3 Å². The molecule has 98 valence electrons. The van der Waals surface area contributed by atoms with E-state index in [2.05, 4.69) is 28.2 Å². The Kier molecular flexibility index (Phi) is 4.02. The Morgan fingerprint density at radius 1 is 1.44 bits per heavy atom. The average molecular weight is 313 g/mol. The van der Waals surface area contributed by atoms with Crippen molar-refractivity contribution >= 4 is 21.6 Å². The number of hydrogen-bond donors (Lipinski definition) is 1. The van der Waals surface area contributed by atoms with Gasteiger partial charge >= 0.3 is 0 Å². The topological polar surface area (TPSA) is 55.2 Å². The minimum atomic E-state index is -0.356. The zero-order chi connectivity index (χ0) is 13.2. The third-order valence-corrected chi connectivity index (χ3v) is 4.58. The van der Waals surface area contributed by atoms with Crippen LogP contribution in [0.1, 0.15) is 38.2 Å². The molecule has 1 aliphatic carbocycles. The first-order chi connectivity index (χ1) is 8.52. The molecule has 0 radical (unpaired) electrons. The molecule has 0 heterocycles. The maximum atomic E-state index is 10.9. The normalized spacial score (nSPS) is 17.9. The lowest BCUT2D eigenvalue weighted by Crippen LogP contribution is -2.38. The molecular formula is C13H17BrN2O2. The maximum absolute atomic E-state index is 10.9. The van der Waals surface area contributed by atoms with Gasteiger partial charge in [-0.3, -0.25) is 10.1 Å². The number of nitrogens with zero attached hydrogens (tertiary/aromatic N) is 1. The Bertz CT molecular complexity index is 456. The zero-order valence-corrected chi connectivity index (χ0v) is 12.0. The number of rotatable bonds is 4. The second-order valence-corrected chi connectivity index (χ2v) is 5.92. The van der Waals surface area contributed by atoms with Gasteiger partial charge < -0.3 is 5.32 Å². The lowest BCUT2D eigenvalue weighted by atomic mass is 10.0. The first kappa shape index (κ1) is 13.5. The maximum Gasteiger partial charge on any atom is 0.283 e. The molecule has 0 amide bonds. The molecule has 0 atom stereocenters. The molecule has 18 heavy (non-hydrogen) atoms. The number of hydrogen-bond acceptors (Lipinski definition) is 3. The second-order valence-electron chi connectivity index (χ2n) is 5.13. The van der Waals surface area contributed by atoms with Crippen LogP contribution in [0.3, 0.4) is 0 Å². The minimum absolute atomic E-state index is 0.130. The summed E-state index contributed by atoms with van der Waals surface area (Å²) in [5.41, 5.74) is 1.26. The van der Waals surface area contributed by atoms with Crippen LogP contribution in [0, 0.1) is 10.1 Å². The monoisotopic (exact) mass is 312 g/mol. The molecule has 1 N–H and O–H groups in total. The van der Waals surface area contributed by atoms with E-state index in [4.69, 9.17) is 0 Å². The SMILES string of the molecule is CC1(NCc2cccc([N+](=O)[O-])c2Br)CCCC1.